The summed E-state index contributed by atoms with van der Waals surface area (Å²) in [7, 11) is 0. The van der Waals surface area contributed by atoms with Crippen molar-refractivity contribution >= 4 is 35.0 Å². The van der Waals surface area contributed by atoms with Crippen molar-refractivity contribution in [2.75, 3.05) is 22.9 Å². The highest BCUT2D eigenvalue weighted by Crippen LogP contribution is 2.42. The van der Waals surface area contributed by atoms with Crippen molar-refractivity contribution in [3.8, 4) is 0 Å². The number of fused-ring (bicyclic) bond motifs is 1. The van der Waals surface area contributed by atoms with Crippen molar-refractivity contribution in [1.82, 2.24) is 4.90 Å². The van der Waals surface area contributed by atoms with E-state index in [1.807, 2.05) is 60.7 Å². The van der Waals surface area contributed by atoms with Crippen LogP contribution in [0, 0.1) is 0 Å². The van der Waals surface area contributed by atoms with Gasteiger partial charge in [-0.3, -0.25) is 9.59 Å². The van der Waals surface area contributed by atoms with Crippen LogP contribution in [0.4, 0.5) is 11.4 Å². The van der Waals surface area contributed by atoms with Gasteiger partial charge < -0.3 is 20.6 Å². The molecule has 1 heterocycles. The Hall–Kier alpha value is -3.45. The topological polar surface area (TPSA) is 81.7 Å². The van der Waals surface area contributed by atoms with Crippen LogP contribution < -0.4 is 10.6 Å². The molecule has 0 unspecified atom stereocenters. The monoisotopic (exact) mass is 515 g/mol. The minimum atomic E-state index is -0.858. The molecular formula is C30H33N3O3S. The Balaban J connectivity index is 1.22. The van der Waals surface area contributed by atoms with Crippen LogP contribution in [0.15, 0.2) is 84.9 Å². The standard InChI is InChI=1S/C30H33N3O3S/c34-28(20-25(22-10-3-1-4-11-22)23-12-5-2-6-13-23)33(24-16-17-24)18-9-19-37-30(21-29(35)36)31-26-14-7-8-15-27(26)32-30/h1-8,10-15,24-25,31-32H,9,16-21H2,(H,35,36). The highest BCUT2D eigenvalue weighted by atomic mass is 32.2. The summed E-state index contributed by atoms with van der Waals surface area (Å²) in [6.45, 7) is 0.683. The lowest BCUT2D eigenvalue weighted by Crippen LogP contribution is -2.41. The van der Waals surface area contributed by atoms with E-state index in [0.717, 1.165) is 47.5 Å². The summed E-state index contributed by atoms with van der Waals surface area (Å²) in [6.07, 6.45) is 3.31. The zero-order chi connectivity index (χ0) is 25.7. The van der Waals surface area contributed by atoms with Crippen LogP contribution in [0.1, 0.15) is 49.1 Å². The lowest BCUT2D eigenvalue weighted by Gasteiger charge is -2.30. The van der Waals surface area contributed by atoms with Crippen LogP contribution in [0.3, 0.4) is 0 Å². The van der Waals surface area contributed by atoms with Gasteiger partial charge in [0, 0.05) is 24.9 Å². The zero-order valence-electron chi connectivity index (χ0n) is 20.8. The number of para-hydroxylation sites is 2. The van der Waals surface area contributed by atoms with Gasteiger partial charge in [0.2, 0.25) is 5.91 Å². The van der Waals surface area contributed by atoms with E-state index < -0.39 is 11.0 Å². The molecule has 1 fully saturated rings. The molecule has 1 aliphatic carbocycles. The third-order valence-electron chi connectivity index (χ3n) is 6.98. The number of hydrogen-bond acceptors (Lipinski definition) is 5. The van der Waals surface area contributed by atoms with E-state index in [1.165, 1.54) is 0 Å². The predicted molar refractivity (Wildman–Crippen MR) is 150 cm³/mol. The van der Waals surface area contributed by atoms with Crippen LogP contribution >= 0.6 is 11.8 Å². The molecular weight excluding hydrogens is 482 g/mol. The normalized spacial score (nSPS) is 15.5. The number of thioether (sulfide) groups is 1. The van der Waals surface area contributed by atoms with E-state index in [0.29, 0.717) is 19.0 Å². The van der Waals surface area contributed by atoms with Crippen LogP contribution in [0.25, 0.3) is 0 Å². The molecule has 6 nitrogen and oxygen atoms in total. The molecule has 192 valence electrons. The van der Waals surface area contributed by atoms with Crippen LogP contribution in [0.2, 0.25) is 0 Å². The molecule has 3 aromatic carbocycles. The first-order chi connectivity index (χ1) is 18.0. The molecule has 0 aromatic heterocycles. The molecule has 0 bridgehead atoms. The number of anilines is 2. The molecule has 7 heteroatoms. The average molecular weight is 516 g/mol. The SMILES string of the molecule is O=C(O)CC1(SCCCN(C(=O)CC(c2ccccc2)c2ccccc2)C2CC2)Nc2ccccc2N1. The first-order valence-corrected chi connectivity index (χ1v) is 13.9. The third kappa shape index (κ3) is 6.28. The summed E-state index contributed by atoms with van der Waals surface area (Å²) < 4.78 is 0. The highest BCUT2D eigenvalue weighted by molar-refractivity contribution is 8.00. The van der Waals surface area contributed by atoms with Gasteiger partial charge in [0.25, 0.3) is 0 Å². The van der Waals surface area contributed by atoms with Gasteiger partial charge in [0.1, 0.15) is 0 Å². The van der Waals surface area contributed by atoms with Crippen molar-refractivity contribution < 1.29 is 14.7 Å². The van der Waals surface area contributed by atoms with Crippen molar-refractivity contribution in [2.45, 2.75) is 49.1 Å². The molecule has 3 N–H and O–H groups in total. The van der Waals surface area contributed by atoms with Crippen molar-refractivity contribution in [1.29, 1.82) is 0 Å². The molecule has 37 heavy (non-hydrogen) atoms. The van der Waals surface area contributed by atoms with Crippen molar-refractivity contribution in [2.24, 2.45) is 0 Å². The average Bonchev–Trinajstić information content (AvgIpc) is 3.68. The number of aliphatic carboxylic acids is 1. The number of carboxylic acids is 1. The number of benzene rings is 3. The Morgan fingerprint density at radius 1 is 0.892 bits per heavy atom. The Bertz CT molecular complexity index is 1150. The number of nitrogens with zero attached hydrogens (tertiary/aromatic N) is 1. The summed E-state index contributed by atoms with van der Waals surface area (Å²) in [5, 5.41) is 16.3. The van der Waals surface area contributed by atoms with E-state index in [-0.39, 0.29) is 18.2 Å². The van der Waals surface area contributed by atoms with E-state index in [1.54, 1.807) is 11.8 Å². The first-order valence-electron chi connectivity index (χ1n) is 12.9. The predicted octanol–water partition coefficient (Wildman–Crippen LogP) is 5.99. The Labute approximate surface area is 222 Å². The molecule has 0 atom stereocenters. The molecule has 0 spiro atoms. The van der Waals surface area contributed by atoms with Gasteiger partial charge in [0.05, 0.1) is 17.8 Å². The fourth-order valence-corrected chi connectivity index (χ4v) is 6.27. The van der Waals surface area contributed by atoms with E-state index in [9.17, 15) is 14.7 Å². The minimum Gasteiger partial charge on any atom is -0.481 e. The Morgan fingerprint density at radius 2 is 1.43 bits per heavy atom. The maximum Gasteiger partial charge on any atom is 0.308 e. The van der Waals surface area contributed by atoms with Crippen LogP contribution in [-0.2, 0) is 9.59 Å². The molecule has 3 aromatic rings. The molecule has 2 aliphatic rings. The number of carboxylic acid groups (broad SMARTS) is 1. The fraction of sp³-hybridized carbons (Fsp3) is 0.333. The fourth-order valence-electron chi connectivity index (χ4n) is 5.06. The maximum atomic E-state index is 13.6. The molecule has 1 amide bonds. The van der Waals surface area contributed by atoms with Gasteiger partial charge in [-0.2, -0.15) is 0 Å². The van der Waals surface area contributed by atoms with E-state index in [4.69, 9.17) is 0 Å². The lowest BCUT2D eigenvalue weighted by molar-refractivity contribution is -0.137. The van der Waals surface area contributed by atoms with Crippen molar-refractivity contribution in [3.05, 3.63) is 96.1 Å². The van der Waals surface area contributed by atoms with Gasteiger partial charge in [-0.05, 0) is 48.3 Å². The maximum absolute atomic E-state index is 13.6. The number of rotatable bonds is 12. The number of hydrogen-bond donors (Lipinski definition) is 3. The minimum absolute atomic E-state index is 0.0229. The quantitative estimate of drug-likeness (QED) is 0.257. The number of nitrogens with one attached hydrogen (secondary N) is 2. The van der Waals surface area contributed by atoms with Crippen LogP contribution in [-0.4, -0.2) is 45.2 Å². The van der Waals surface area contributed by atoms with Gasteiger partial charge in [-0.1, -0.05) is 72.8 Å². The largest absolute Gasteiger partial charge is 0.481 e. The van der Waals surface area contributed by atoms with E-state index in [2.05, 4.69) is 39.8 Å². The Kier molecular flexibility index (Phi) is 7.70. The second-order valence-electron chi connectivity index (χ2n) is 9.79. The Morgan fingerprint density at radius 3 is 1.95 bits per heavy atom. The van der Waals surface area contributed by atoms with Gasteiger partial charge in [-0.25, -0.2) is 0 Å². The first kappa shape index (κ1) is 25.2. The summed E-state index contributed by atoms with van der Waals surface area (Å²) >= 11 is 1.57. The third-order valence-corrected chi connectivity index (χ3v) is 8.32. The molecule has 1 aliphatic heterocycles. The van der Waals surface area contributed by atoms with Gasteiger partial charge >= 0.3 is 5.97 Å². The van der Waals surface area contributed by atoms with E-state index >= 15 is 0 Å². The highest BCUT2D eigenvalue weighted by Gasteiger charge is 2.39. The number of carbonyl (C=O) groups excluding carboxylic acids is 1. The lowest BCUT2D eigenvalue weighted by atomic mass is 9.88. The number of amides is 1. The summed E-state index contributed by atoms with van der Waals surface area (Å²) in [4.78, 5) is 26.5. The summed E-state index contributed by atoms with van der Waals surface area (Å²) in [6, 6.07) is 28.6. The zero-order valence-corrected chi connectivity index (χ0v) is 21.6. The van der Waals surface area contributed by atoms with Crippen LogP contribution in [0.5, 0.6) is 0 Å². The second-order valence-corrected chi connectivity index (χ2v) is 11.2. The number of carbonyl (C=O) groups is 2. The molecule has 0 radical (unpaired) electrons. The smallest absolute Gasteiger partial charge is 0.308 e. The summed E-state index contributed by atoms with van der Waals surface area (Å²) in [5.74, 6) is 0.0890. The van der Waals surface area contributed by atoms with Crippen molar-refractivity contribution in [3.63, 3.8) is 0 Å². The molecule has 5 rings (SSSR count). The van der Waals surface area contributed by atoms with Gasteiger partial charge in [0.15, 0.2) is 4.99 Å². The molecule has 1 saturated carbocycles. The molecule has 0 saturated heterocycles. The summed E-state index contributed by atoms with van der Waals surface area (Å²) in [5.41, 5.74) is 4.14. The second kappa shape index (κ2) is 11.3. The van der Waals surface area contributed by atoms with Gasteiger partial charge in [-0.15, -0.1) is 11.8 Å².